The first-order valence-corrected chi connectivity index (χ1v) is 8.30. The Balaban J connectivity index is 1.79. The lowest BCUT2D eigenvalue weighted by Gasteiger charge is -2.21. The number of carbonyl (C=O) groups excluding carboxylic acids is 1. The van der Waals surface area contributed by atoms with Gasteiger partial charge >= 0.3 is 0 Å². The number of hydrogen-bond donors (Lipinski definition) is 1. The van der Waals surface area contributed by atoms with Crippen molar-refractivity contribution in [3.8, 4) is 0 Å². The van der Waals surface area contributed by atoms with Gasteiger partial charge in [0, 0.05) is 12.2 Å². The number of rotatable bonds is 5. The van der Waals surface area contributed by atoms with Gasteiger partial charge in [-0.3, -0.25) is 4.79 Å². The molecule has 0 atom stereocenters. The molecule has 1 aromatic heterocycles. The molecule has 0 aliphatic carbocycles. The minimum Gasteiger partial charge on any atom is -0.337 e. The number of anilines is 3. The summed E-state index contributed by atoms with van der Waals surface area (Å²) in [7, 11) is 0. The largest absolute Gasteiger partial charge is 0.337 e. The van der Waals surface area contributed by atoms with E-state index < -0.39 is 0 Å². The third-order valence-electron chi connectivity index (χ3n) is 3.88. The van der Waals surface area contributed by atoms with Crippen molar-refractivity contribution in [1.82, 2.24) is 9.97 Å². The maximum Gasteiger partial charge on any atom is 0.278 e. The van der Waals surface area contributed by atoms with E-state index in [2.05, 4.69) is 15.3 Å². The van der Waals surface area contributed by atoms with Crippen molar-refractivity contribution in [3.63, 3.8) is 0 Å². The SMILES string of the molecule is CCN(C(=O)c1cnc(Nc2ccccc2F)cn1)c1cccc(C)c1. The first-order chi connectivity index (χ1) is 12.6. The van der Waals surface area contributed by atoms with Gasteiger partial charge in [-0.05, 0) is 43.7 Å². The molecule has 1 heterocycles. The Kier molecular flexibility index (Phi) is 5.22. The monoisotopic (exact) mass is 350 g/mol. The average molecular weight is 350 g/mol. The van der Waals surface area contributed by atoms with Gasteiger partial charge < -0.3 is 10.2 Å². The summed E-state index contributed by atoms with van der Waals surface area (Å²) in [5.41, 5.74) is 2.42. The molecule has 3 rings (SSSR count). The molecule has 0 bridgehead atoms. The Morgan fingerprint density at radius 3 is 2.58 bits per heavy atom. The van der Waals surface area contributed by atoms with Crippen molar-refractivity contribution in [3.05, 3.63) is 78.0 Å². The highest BCUT2D eigenvalue weighted by Gasteiger charge is 2.18. The second-order valence-corrected chi connectivity index (χ2v) is 5.78. The quantitative estimate of drug-likeness (QED) is 0.744. The van der Waals surface area contributed by atoms with Gasteiger partial charge in [0.25, 0.3) is 5.91 Å². The van der Waals surface area contributed by atoms with Gasteiger partial charge in [-0.25, -0.2) is 14.4 Å². The molecule has 5 nitrogen and oxygen atoms in total. The number of aryl methyl sites for hydroxylation is 1. The van der Waals surface area contributed by atoms with E-state index in [-0.39, 0.29) is 17.4 Å². The van der Waals surface area contributed by atoms with E-state index in [0.717, 1.165) is 11.3 Å². The van der Waals surface area contributed by atoms with Crippen LogP contribution in [0.25, 0.3) is 0 Å². The van der Waals surface area contributed by atoms with E-state index in [4.69, 9.17) is 0 Å². The van der Waals surface area contributed by atoms with Gasteiger partial charge in [0.1, 0.15) is 17.3 Å². The molecule has 0 fully saturated rings. The summed E-state index contributed by atoms with van der Waals surface area (Å²) < 4.78 is 13.7. The van der Waals surface area contributed by atoms with Gasteiger partial charge in [-0.1, -0.05) is 24.3 Å². The van der Waals surface area contributed by atoms with E-state index in [0.29, 0.717) is 18.1 Å². The summed E-state index contributed by atoms with van der Waals surface area (Å²) in [6.07, 6.45) is 2.81. The highest BCUT2D eigenvalue weighted by molar-refractivity contribution is 6.04. The summed E-state index contributed by atoms with van der Waals surface area (Å²) in [4.78, 5) is 22.8. The van der Waals surface area contributed by atoms with E-state index >= 15 is 0 Å². The molecule has 0 saturated carbocycles. The van der Waals surface area contributed by atoms with Crippen LogP contribution in [0.1, 0.15) is 23.0 Å². The Labute approximate surface area is 151 Å². The third kappa shape index (κ3) is 3.85. The minimum atomic E-state index is -0.383. The van der Waals surface area contributed by atoms with E-state index in [1.807, 2.05) is 38.1 Å². The van der Waals surface area contributed by atoms with E-state index in [9.17, 15) is 9.18 Å². The molecule has 3 aromatic rings. The fourth-order valence-electron chi connectivity index (χ4n) is 2.58. The lowest BCUT2D eigenvalue weighted by molar-refractivity contribution is 0.0983. The Morgan fingerprint density at radius 2 is 1.92 bits per heavy atom. The van der Waals surface area contributed by atoms with Crippen molar-refractivity contribution >= 4 is 23.1 Å². The average Bonchev–Trinajstić information content (AvgIpc) is 2.65. The highest BCUT2D eigenvalue weighted by Crippen LogP contribution is 2.19. The molecule has 0 radical (unpaired) electrons. The molecule has 0 spiro atoms. The maximum absolute atomic E-state index is 13.7. The first kappa shape index (κ1) is 17.5. The third-order valence-corrected chi connectivity index (χ3v) is 3.88. The van der Waals surface area contributed by atoms with Crippen LogP contribution in [-0.2, 0) is 0 Å². The summed E-state index contributed by atoms with van der Waals surface area (Å²) in [5, 5.41) is 2.85. The number of para-hydroxylation sites is 1. The molecule has 0 aliphatic rings. The highest BCUT2D eigenvalue weighted by atomic mass is 19.1. The zero-order chi connectivity index (χ0) is 18.5. The normalized spacial score (nSPS) is 10.4. The predicted octanol–water partition coefficient (Wildman–Crippen LogP) is 4.33. The van der Waals surface area contributed by atoms with Crippen LogP contribution in [-0.4, -0.2) is 22.4 Å². The number of amides is 1. The second kappa shape index (κ2) is 7.74. The smallest absolute Gasteiger partial charge is 0.278 e. The standard InChI is InChI=1S/C20H19FN4O/c1-3-25(15-8-6-7-14(2)11-15)20(26)18-12-23-19(13-22-18)24-17-10-5-4-9-16(17)21/h4-13H,3H2,1-2H3,(H,23,24). The summed E-state index contributed by atoms with van der Waals surface area (Å²) in [6.45, 7) is 4.39. The van der Waals surface area contributed by atoms with Gasteiger partial charge in [0.05, 0.1) is 18.1 Å². The minimum absolute atomic E-state index is 0.229. The van der Waals surface area contributed by atoms with Crippen LogP contribution in [0.4, 0.5) is 21.6 Å². The van der Waals surface area contributed by atoms with E-state index in [1.165, 1.54) is 18.5 Å². The molecular formula is C20H19FN4O. The summed E-state index contributed by atoms with van der Waals surface area (Å²) >= 11 is 0. The lowest BCUT2D eigenvalue weighted by atomic mass is 10.2. The zero-order valence-electron chi connectivity index (χ0n) is 14.6. The Bertz CT molecular complexity index is 912. The predicted molar refractivity (Wildman–Crippen MR) is 100 cm³/mol. The molecule has 0 saturated heterocycles. The van der Waals surface area contributed by atoms with Crippen LogP contribution >= 0.6 is 0 Å². The molecule has 6 heteroatoms. The van der Waals surface area contributed by atoms with Gasteiger partial charge in [0.2, 0.25) is 0 Å². The van der Waals surface area contributed by atoms with Crippen LogP contribution in [0.3, 0.4) is 0 Å². The molecule has 132 valence electrons. The number of benzene rings is 2. The number of aromatic nitrogens is 2. The fourth-order valence-corrected chi connectivity index (χ4v) is 2.58. The number of halogens is 1. The van der Waals surface area contributed by atoms with Crippen LogP contribution in [0.15, 0.2) is 60.9 Å². The molecular weight excluding hydrogens is 331 g/mol. The van der Waals surface area contributed by atoms with E-state index in [1.54, 1.807) is 23.1 Å². The van der Waals surface area contributed by atoms with Gasteiger partial charge in [-0.15, -0.1) is 0 Å². The maximum atomic E-state index is 13.7. The first-order valence-electron chi connectivity index (χ1n) is 8.30. The Morgan fingerprint density at radius 1 is 1.12 bits per heavy atom. The molecule has 0 unspecified atom stereocenters. The molecule has 0 aliphatic heterocycles. The number of carbonyl (C=O) groups is 1. The van der Waals surface area contributed by atoms with Crippen molar-refractivity contribution in [2.45, 2.75) is 13.8 Å². The van der Waals surface area contributed by atoms with Crippen LogP contribution < -0.4 is 10.2 Å². The van der Waals surface area contributed by atoms with Crippen LogP contribution in [0.2, 0.25) is 0 Å². The van der Waals surface area contributed by atoms with Gasteiger partial charge in [-0.2, -0.15) is 0 Å². The van der Waals surface area contributed by atoms with Gasteiger partial charge in [0.15, 0.2) is 0 Å². The summed E-state index contributed by atoms with van der Waals surface area (Å²) in [5.74, 6) is -0.251. The summed E-state index contributed by atoms with van der Waals surface area (Å²) in [6, 6.07) is 14.0. The zero-order valence-corrected chi connectivity index (χ0v) is 14.6. The fraction of sp³-hybridized carbons (Fsp3) is 0.150. The number of hydrogen-bond acceptors (Lipinski definition) is 4. The van der Waals surface area contributed by atoms with Crippen molar-refractivity contribution in [2.75, 3.05) is 16.8 Å². The second-order valence-electron chi connectivity index (χ2n) is 5.78. The van der Waals surface area contributed by atoms with Crippen molar-refractivity contribution in [2.24, 2.45) is 0 Å². The molecule has 2 aromatic carbocycles. The molecule has 26 heavy (non-hydrogen) atoms. The van der Waals surface area contributed by atoms with Crippen molar-refractivity contribution in [1.29, 1.82) is 0 Å². The molecule has 1 N–H and O–H groups in total. The topological polar surface area (TPSA) is 58.1 Å². The Hall–Kier alpha value is -3.28. The van der Waals surface area contributed by atoms with Crippen LogP contribution in [0, 0.1) is 12.7 Å². The number of nitrogens with zero attached hydrogens (tertiary/aromatic N) is 3. The van der Waals surface area contributed by atoms with Crippen molar-refractivity contribution < 1.29 is 9.18 Å². The van der Waals surface area contributed by atoms with Crippen LogP contribution in [0.5, 0.6) is 0 Å². The number of nitrogens with one attached hydrogen (secondary N) is 1. The molecule has 1 amide bonds. The lowest BCUT2D eigenvalue weighted by Crippen LogP contribution is -2.31.